The fraction of sp³-hybridized carbons (Fsp3) is 0.833. The van der Waals surface area contributed by atoms with Crippen LogP contribution in [0.3, 0.4) is 0 Å². The first kappa shape index (κ1) is 10.2. The summed E-state index contributed by atoms with van der Waals surface area (Å²) >= 11 is 0. The first-order chi connectivity index (χ1) is 5.11. The van der Waals surface area contributed by atoms with Crippen LogP contribution >= 0.6 is 0 Å². The van der Waals surface area contributed by atoms with E-state index in [2.05, 4.69) is 0 Å². The Labute approximate surface area is 65.5 Å². The second-order valence-electron chi connectivity index (χ2n) is 1.89. The van der Waals surface area contributed by atoms with Crippen LogP contribution in [0.25, 0.3) is 0 Å². The third-order valence-electron chi connectivity index (χ3n) is 1.11. The minimum absolute atomic E-state index is 0.281. The summed E-state index contributed by atoms with van der Waals surface area (Å²) in [5, 5.41) is 9.28. The zero-order valence-corrected chi connectivity index (χ0v) is 6.90. The highest BCUT2D eigenvalue weighted by molar-refractivity contribution is 5.63. The van der Waals surface area contributed by atoms with Gasteiger partial charge in [0.15, 0.2) is 6.29 Å². The largest absolute Gasteiger partial charge is 0.463 e. The van der Waals surface area contributed by atoms with Gasteiger partial charge in [0, 0.05) is 13.7 Å². The highest BCUT2D eigenvalue weighted by Gasteiger charge is 2.12. The zero-order chi connectivity index (χ0) is 8.85. The summed E-state index contributed by atoms with van der Waals surface area (Å²) in [4.78, 5) is 15.1. The molecule has 0 aromatic rings. The average Bonchev–Trinajstić information content (AvgIpc) is 1.99. The molecular formula is C6H13NO4. The molecular weight excluding hydrogens is 150 g/mol. The molecule has 0 rings (SSSR count). The van der Waals surface area contributed by atoms with E-state index in [1.807, 2.05) is 0 Å². The summed E-state index contributed by atoms with van der Waals surface area (Å²) in [6.07, 6.45) is -1.65. The Morgan fingerprint density at radius 3 is 2.55 bits per heavy atom. The average molecular weight is 163 g/mol. The summed E-state index contributed by atoms with van der Waals surface area (Å²) < 4.78 is 4.71. The van der Waals surface area contributed by atoms with E-state index in [-0.39, 0.29) is 6.54 Å². The highest BCUT2D eigenvalue weighted by atomic mass is 16.8. The second kappa shape index (κ2) is 4.92. The highest BCUT2D eigenvalue weighted by Crippen LogP contribution is 1.97. The van der Waals surface area contributed by atoms with Crippen LogP contribution in [0.2, 0.25) is 0 Å². The molecule has 0 aromatic carbocycles. The second-order valence-corrected chi connectivity index (χ2v) is 1.89. The lowest BCUT2D eigenvalue weighted by Crippen LogP contribution is -2.33. The van der Waals surface area contributed by atoms with Crippen molar-refractivity contribution in [3.05, 3.63) is 0 Å². The Morgan fingerprint density at radius 1 is 1.73 bits per heavy atom. The number of hydroxylamine groups is 2. The molecule has 5 nitrogen and oxygen atoms in total. The normalized spacial score (nSPS) is 12.6. The van der Waals surface area contributed by atoms with Crippen LogP contribution in [0.15, 0.2) is 0 Å². The minimum Gasteiger partial charge on any atom is -0.463 e. The van der Waals surface area contributed by atoms with Crippen LogP contribution in [0.4, 0.5) is 4.79 Å². The van der Waals surface area contributed by atoms with Gasteiger partial charge in [0.05, 0.1) is 0 Å². The first-order valence-corrected chi connectivity index (χ1v) is 3.31. The summed E-state index contributed by atoms with van der Waals surface area (Å²) in [6, 6.07) is 0. The molecule has 1 unspecified atom stereocenters. The summed E-state index contributed by atoms with van der Waals surface area (Å²) in [6.45, 7) is 3.57. The van der Waals surface area contributed by atoms with Crippen LogP contribution < -0.4 is 0 Å². The van der Waals surface area contributed by atoms with Crippen molar-refractivity contribution >= 4 is 6.09 Å². The number of amides is 1. The van der Waals surface area contributed by atoms with Gasteiger partial charge in [0.2, 0.25) is 0 Å². The van der Waals surface area contributed by atoms with Crippen molar-refractivity contribution in [1.29, 1.82) is 0 Å². The maximum absolute atomic E-state index is 10.3. The predicted molar refractivity (Wildman–Crippen MR) is 38.0 cm³/mol. The number of carbonyl (C=O) groups is 1. The molecule has 0 saturated carbocycles. The Morgan fingerprint density at radius 2 is 2.27 bits per heavy atom. The molecule has 5 heteroatoms. The fourth-order valence-electron chi connectivity index (χ4n) is 0.477. The molecule has 0 aliphatic rings. The molecule has 0 aromatic heterocycles. The van der Waals surface area contributed by atoms with Gasteiger partial charge in [-0.1, -0.05) is 0 Å². The molecule has 0 heterocycles. The van der Waals surface area contributed by atoms with Gasteiger partial charge >= 0.3 is 6.09 Å². The SMILES string of the molecule is CCN(OC(C)OC)C(=O)O. The van der Waals surface area contributed by atoms with Gasteiger partial charge < -0.3 is 9.84 Å². The molecule has 0 aliphatic carbocycles. The van der Waals surface area contributed by atoms with E-state index in [0.717, 1.165) is 5.06 Å². The van der Waals surface area contributed by atoms with Gasteiger partial charge in [0.1, 0.15) is 0 Å². The molecule has 66 valence electrons. The van der Waals surface area contributed by atoms with E-state index in [4.69, 9.17) is 14.7 Å². The summed E-state index contributed by atoms with van der Waals surface area (Å²) in [7, 11) is 1.44. The van der Waals surface area contributed by atoms with Crippen LogP contribution in [-0.4, -0.2) is 36.2 Å². The van der Waals surface area contributed by atoms with Gasteiger partial charge in [0.25, 0.3) is 0 Å². The van der Waals surface area contributed by atoms with Crippen molar-refractivity contribution < 1.29 is 19.5 Å². The molecule has 1 atom stereocenters. The van der Waals surface area contributed by atoms with Gasteiger partial charge in [-0.05, 0) is 13.8 Å². The fourth-order valence-corrected chi connectivity index (χ4v) is 0.477. The van der Waals surface area contributed by atoms with Crippen LogP contribution in [-0.2, 0) is 9.57 Å². The predicted octanol–water partition coefficient (Wildman–Crippen LogP) is 0.910. The van der Waals surface area contributed by atoms with E-state index >= 15 is 0 Å². The molecule has 1 N–H and O–H groups in total. The summed E-state index contributed by atoms with van der Waals surface area (Å²) in [5.74, 6) is 0. The Hall–Kier alpha value is -0.810. The van der Waals surface area contributed by atoms with E-state index < -0.39 is 12.4 Å². The van der Waals surface area contributed by atoms with Gasteiger partial charge in [-0.2, -0.15) is 5.06 Å². The van der Waals surface area contributed by atoms with Gasteiger partial charge in [-0.3, -0.25) is 0 Å². The lowest BCUT2D eigenvalue weighted by Gasteiger charge is -2.19. The molecule has 0 bridgehead atoms. The van der Waals surface area contributed by atoms with Crippen molar-refractivity contribution in [3.8, 4) is 0 Å². The van der Waals surface area contributed by atoms with Gasteiger partial charge in [-0.15, -0.1) is 0 Å². The molecule has 0 fully saturated rings. The zero-order valence-electron chi connectivity index (χ0n) is 6.90. The van der Waals surface area contributed by atoms with Crippen molar-refractivity contribution in [3.63, 3.8) is 0 Å². The third-order valence-corrected chi connectivity index (χ3v) is 1.11. The molecule has 0 saturated heterocycles. The lowest BCUT2D eigenvalue weighted by atomic mass is 10.7. The van der Waals surface area contributed by atoms with Crippen molar-refractivity contribution in [2.24, 2.45) is 0 Å². The van der Waals surface area contributed by atoms with Crippen LogP contribution in [0.5, 0.6) is 0 Å². The number of carboxylic acid groups (broad SMARTS) is 1. The topological polar surface area (TPSA) is 59.0 Å². The van der Waals surface area contributed by atoms with Crippen LogP contribution in [0.1, 0.15) is 13.8 Å². The molecule has 0 radical (unpaired) electrons. The number of rotatable bonds is 4. The molecule has 0 aliphatic heterocycles. The Balaban J connectivity index is 3.77. The van der Waals surface area contributed by atoms with E-state index in [0.29, 0.717) is 0 Å². The maximum Gasteiger partial charge on any atom is 0.431 e. The van der Waals surface area contributed by atoms with E-state index in [9.17, 15) is 4.79 Å². The maximum atomic E-state index is 10.3. The van der Waals surface area contributed by atoms with E-state index in [1.54, 1.807) is 13.8 Å². The van der Waals surface area contributed by atoms with Gasteiger partial charge in [-0.25, -0.2) is 9.63 Å². The quantitative estimate of drug-likeness (QED) is 0.494. The number of hydrogen-bond donors (Lipinski definition) is 1. The smallest absolute Gasteiger partial charge is 0.431 e. The van der Waals surface area contributed by atoms with Crippen molar-refractivity contribution in [2.45, 2.75) is 20.1 Å². The van der Waals surface area contributed by atoms with E-state index in [1.165, 1.54) is 7.11 Å². The van der Waals surface area contributed by atoms with Crippen molar-refractivity contribution in [2.75, 3.05) is 13.7 Å². The third kappa shape index (κ3) is 3.79. The summed E-state index contributed by atoms with van der Waals surface area (Å²) in [5.41, 5.74) is 0. The monoisotopic (exact) mass is 163 g/mol. The van der Waals surface area contributed by atoms with Crippen LogP contribution in [0, 0.1) is 0 Å². The molecule has 0 spiro atoms. The lowest BCUT2D eigenvalue weighted by molar-refractivity contribution is -0.242. The number of ether oxygens (including phenoxy) is 1. The molecule has 1 amide bonds. The number of methoxy groups -OCH3 is 1. The number of hydrogen-bond acceptors (Lipinski definition) is 3. The first-order valence-electron chi connectivity index (χ1n) is 3.31. The molecule has 11 heavy (non-hydrogen) atoms. The standard InChI is InChI=1S/C6H13NO4/c1-4-7(6(8)9)11-5(2)10-3/h5H,4H2,1-3H3,(H,8,9). The Kier molecular flexibility index (Phi) is 4.56. The Bertz CT molecular complexity index is 128. The number of nitrogens with zero attached hydrogens (tertiary/aromatic N) is 1. The minimum atomic E-state index is -1.11. The van der Waals surface area contributed by atoms with Crippen molar-refractivity contribution in [1.82, 2.24) is 5.06 Å².